The Bertz CT molecular complexity index is 203. The van der Waals surface area contributed by atoms with E-state index >= 15 is 0 Å². The van der Waals surface area contributed by atoms with Crippen LogP contribution < -0.4 is 0 Å². The molecule has 0 aromatic heterocycles. The van der Waals surface area contributed by atoms with Gasteiger partial charge in [0.1, 0.15) is 6.04 Å². The van der Waals surface area contributed by atoms with Crippen LogP contribution in [0.1, 0.15) is 13.3 Å². The van der Waals surface area contributed by atoms with E-state index in [1.54, 1.807) is 0 Å². The number of carbonyl (C=O) groups is 1. The highest BCUT2D eigenvalue weighted by Crippen LogP contribution is 2.24. The van der Waals surface area contributed by atoms with Crippen molar-refractivity contribution in [3.63, 3.8) is 0 Å². The Balaban J connectivity index is 2.63. The lowest BCUT2D eigenvalue weighted by Crippen LogP contribution is -2.37. The molecule has 0 unspecified atom stereocenters. The second-order valence-electron chi connectivity index (χ2n) is 3.37. The van der Waals surface area contributed by atoms with Crippen LogP contribution in [0.15, 0.2) is 12.7 Å². The molecule has 13 heavy (non-hydrogen) atoms. The molecule has 0 aromatic carbocycles. The van der Waals surface area contributed by atoms with Gasteiger partial charge in [-0.1, -0.05) is 6.08 Å². The van der Waals surface area contributed by atoms with E-state index in [4.69, 9.17) is 4.74 Å². The molecule has 0 spiro atoms. The van der Waals surface area contributed by atoms with E-state index in [0.29, 0.717) is 6.61 Å². The number of nitrogens with zero attached hydrogens (tertiary/aromatic N) is 1. The van der Waals surface area contributed by atoms with Gasteiger partial charge in [-0.25, -0.2) is 0 Å². The van der Waals surface area contributed by atoms with Crippen molar-refractivity contribution in [3.05, 3.63) is 12.7 Å². The molecule has 0 amide bonds. The zero-order valence-corrected chi connectivity index (χ0v) is 8.32. The summed E-state index contributed by atoms with van der Waals surface area (Å²) in [7, 11) is 1.95. The van der Waals surface area contributed by atoms with Crippen LogP contribution in [0.4, 0.5) is 0 Å². The zero-order valence-electron chi connectivity index (χ0n) is 8.32. The van der Waals surface area contributed by atoms with Gasteiger partial charge in [-0.15, -0.1) is 6.58 Å². The molecule has 1 rings (SSSR count). The van der Waals surface area contributed by atoms with Gasteiger partial charge in [-0.2, -0.15) is 0 Å². The Hall–Kier alpha value is -0.830. The summed E-state index contributed by atoms with van der Waals surface area (Å²) in [6, 6.07) is -0.113. The second kappa shape index (κ2) is 4.42. The summed E-state index contributed by atoms with van der Waals surface area (Å²) in [4.78, 5) is 13.5. The Morgan fingerprint density at radius 3 is 3.00 bits per heavy atom. The quantitative estimate of drug-likeness (QED) is 0.484. The molecule has 1 aliphatic rings. The molecule has 1 aliphatic heterocycles. The van der Waals surface area contributed by atoms with Crippen molar-refractivity contribution in [1.29, 1.82) is 0 Å². The van der Waals surface area contributed by atoms with Crippen LogP contribution in [-0.2, 0) is 9.53 Å². The number of likely N-dealkylation sites (tertiary alicyclic amines) is 1. The highest BCUT2D eigenvalue weighted by molar-refractivity contribution is 5.76. The average Bonchev–Trinajstić information content (AvgIpc) is 2.47. The van der Waals surface area contributed by atoms with Crippen molar-refractivity contribution in [1.82, 2.24) is 4.90 Å². The molecule has 0 radical (unpaired) electrons. The molecule has 1 fully saturated rings. The number of hydrogen-bond acceptors (Lipinski definition) is 3. The number of hydrogen-bond donors (Lipinski definition) is 0. The van der Waals surface area contributed by atoms with E-state index in [1.807, 2.05) is 24.9 Å². The number of carbonyl (C=O) groups excluding carboxylic acids is 1. The Kier molecular flexibility index (Phi) is 3.48. The summed E-state index contributed by atoms with van der Waals surface area (Å²) in [5, 5.41) is 0. The maximum atomic E-state index is 11.5. The number of rotatable bonds is 3. The molecule has 3 nitrogen and oxygen atoms in total. The normalized spacial score (nSPS) is 28.8. The molecule has 1 saturated heterocycles. The maximum absolute atomic E-state index is 11.5. The lowest BCUT2D eigenvalue weighted by atomic mass is 10.0. The third-order valence-electron chi connectivity index (χ3n) is 2.53. The minimum atomic E-state index is -0.118. The van der Waals surface area contributed by atoms with Crippen LogP contribution in [0, 0.1) is 5.92 Å². The van der Waals surface area contributed by atoms with Gasteiger partial charge in [-0.05, 0) is 26.9 Å². The summed E-state index contributed by atoms with van der Waals surface area (Å²) in [5.41, 5.74) is 0. The lowest BCUT2D eigenvalue weighted by molar-refractivity contribution is -0.148. The van der Waals surface area contributed by atoms with Crippen molar-refractivity contribution in [2.24, 2.45) is 5.92 Å². The fourth-order valence-corrected chi connectivity index (χ4v) is 1.81. The van der Waals surface area contributed by atoms with E-state index in [0.717, 1.165) is 13.0 Å². The number of ether oxygens (including phenoxy) is 1. The number of esters is 1. The van der Waals surface area contributed by atoms with Gasteiger partial charge in [0.15, 0.2) is 0 Å². The monoisotopic (exact) mass is 183 g/mol. The van der Waals surface area contributed by atoms with Crippen LogP contribution >= 0.6 is 0 Å². The van der Waals surface area contributed by atoms with Crippen LogP contribution in [0.2, 0.25) is 0 Å². The van der Waals surface area contributed by atoms with Crippen LogP contribution in [-0.4, -0.2) is 37.1 Å². The summed E-state index contributed by atoms with van der Waals surface area (Å²) < 4.78 is 5.00. The van der Waals surface area contributed by atoms with E-state index < -0.39 is 0 Å². The third kappa shape index (κ3) is 2.10. The minimum absolute atomic E-state index is 0.113. The molecule has 0 N–H and O–H groups in total. The molecular formula is C10H17NO2. The number of likely N-dealkylation sites (N-methyl/N-ethyl adjacent to an activating group) is 1. The van der Waals surface area contributed by atoms with Gasteiger partial charge in [0.2, 0.25) is 0 Å². The molecule has 3 heteroatoms. The van der Waals surface area contributed by atoms with Crippen LogP contribution in [0.25, 0.3) is 0 Å². The molecule has 74 valence electrons. The van der Waals surface area contributed by atoms with Crippen molar-refractivity contribution in [3.8, 4) is 0 Å². The fraction of sp³-hybridized carbons (Fsp3) is 0.700. The van der Waals surface area contributed by atoms with E-state index in [2.05, 4.69) is 6.58 Å². The molecule has 0 aromatic rings. The minimum Gasteiger partial charge on any atom is -0.465 e. The SMILES string of the molecule is C=C[C@@H]1CCN(C)[C@@H]1C(=O)OCC. The fourth-order valence-electron chi connectivity index (χ4n) is 1.81. The first-order chi connectivity index (χ1) is 6.20. The van der Waals surface area contributed by atoms with Crippen molar-refractivity contribution < 1.29 is 9.53 Å². The largest absolute Gasteiger partial charge is 0.465 e. The zero-order chi connectivity index (χ0) is 9.84. The molecule has 0 aliphatic carbocycles. The van der Waals surface area contributed by atoms with Gasteiger partial charge in [0.05, 0.1) is 6.61 Å². The standard InChI is InChI=1S/C10H17NO2/c1-4-8-6-7-11(3)9(8)10(12)13-5-2/h4,8-9H,1,5-7H2,2-3H3/t8-,9+/m1/s1. The van der Waals surface area contributed by atoms with E-state index in [1.165, 1.54) is 0 Å². The van der Waals surface area contributed by atoms with Gasteiger partial charge in [0, 0.05) is 5.92 Å². The highest BCUT2D eigenvalue weighted by Gasteiger charge is 2.36. The Morgan fingerprint density at radius 2 is 2.46 bits per heavy atom. The predicted molar refractivity (Wildman–Crippen MR) is 51.4 cm³/mol. The average molecular weight is 183 g/mol. The molecule has 1 heterocycles. The van der Waals surface area contributed by atoms with Crippen LogP contribution in [0.5, 0.6) is 0 Å². The predicted octanol–water partition coefficient (Wildman–Crippen LogP) is 1.06. The molecule has 0 bridgehead atoms. The second-order valence-corrected chi connectivity index (χ2v) is 3.37. The summed E-state index contributed by atoms with van der Waals surface area (Å²) in [6.45, 7) is 6.96. The van der Waals surface area contributed by atoms with E-state index in [9.17, 15) is 4.79 Å². The van der Waals surface area contributed by atoms with Crippen molar-refractivity contribution in [2.45, 2.75) is 19.4 Å². The summed E-state index contributed by atoms with van der Waals surface area (Å²) >= 11 is 0. The maximum Gasteiger partial charge on any atom is 0.323 e. The summed E-state index contributed by atoms with van der Waals surface area (Å²) in [6.07, 6.45) is 2.86. The highest BCUT2D eigenvalue weighted by atomic mass is 16.5. The Labute approximate surface area is 79.4 Å². The lowest BCUT2D eigenvalue weighted by Gasteiger charge is -2.20. The van der Waals surface area contributed by atoms with Crippen molar-refractivity contribution in [2.75, 3.05) is 20.2 Å². The first-order valence-electron chi connectivity index (χ1n) is 4.70. The van der Waals surface area contributed by atoms with Crippen molar-refractivity contribution >= 4 is 5.97 Å². The topological polar surface area (TPSA) is 29.5 Å². The summed E-state index contributed by atoms with van der Waals surface area (Å²) in [5.74, 6) is 0.136. The Morgan fingerprint density at radius 1 is 1.77 bits per heavy atom. The first-order valence-corrected chi connectivity index (χ1v) is 4.70. The third-order valence-corrected chi connectivity index (χ3v) is 2.53. The molecule has 0 saturated carbocycles. The van der Waals surface area contributed by atoms with Gasteiger partial charge >= 0.3 is 5.97 Å². The first kappa shape index (κ1) is 10.3. The molecular weight excluding hydrogens is 166 g/mol. The van der Waals surface area contributed by atoms with Gasteiger partial charge < -0.3 is 4.74 Å². The molecule has 2 atom stereocenters. The van der Waals surface area contributed by atoms with Gasteiger partial charge in [-0.3, -0.25) is 9.69 Å². The smallest absolute Gasteiger partial charge is 0.323 e. The van der Waals surface area contributed by atoms with Crippen LogP contribution in [0.3, 0.4) is 0 Å². The van der Waals surface area contributed by atoms with E-state index in [-0.39, 0.29) is 17.9 Å². The van der Waals surface area contributed by atoms with Gasteiger partial charge in [0.25, 0.3) is 0 Å².